The van der Waals surface area contributed by atoms with Crippen molar-refractivity contribution >= 4 is 38.5 Å². The van der Waals surface area contributed by atoms with Crippen molar-refractivity contribution in [2.24, 2.45) is 0 Å². The highest BCUT2D eigenvalue weighted by atomic mass is 127. The molecule has 0 aliphatic heterocycles. The Balaban J connectivity index is 2.42. The zero-order valence-corrected chi connectivity index (χ0v) is 12.3. The molecule has 2 aromatic rings. The van der Waals surface area contributed by atoms with Crippen molar-refractivity contribution in [1.29, 1.82) is 0 Å². The molecule has 0 fully saturated rings. The molecule has 0 spiro atoms. The number of aliphatic hydroxyl groups excluding tert-OH is 1. The van der Waals surface area contributed by atoms with Gasteiger partial charge in [-0.25, -0.2) is 4.68 Å². The second kappa shape index (κ2) is 4.85. The highest BCUT2D eigenvalue weighted by molar-refractivity contribution is 14.1. The van der Waals surface area contributed by atoms with Crippen molar-refractivity contribution < 1.29 is 5.11 Å². The van der Waals surface area contributed by atoms with Crippen LogP contribution in [0.1, 0.15) is 18.6 Å². The first kappa shape index (κ1) is 12.1. The van der Waals surface area contributed by atoms with Crippen molar-refractivity contribution in [2.45, 2.75) is 13.0 Å². The van der Waals surface area contributed by atoms with E-state index < -0.39 is 6.10 Å². The lowest BCUT2D eigenvalue weighted by Crippen LogP contribution is -1.97. The van der Waals surface area contributed by atoms with E-state index in [2.05, 4.69) is 43.6 Å². The Hall–Kier alpha value is -0.400. The fourth-order valence-corrected chi connectivity index (χ4v) is 2.53. The largest absolute Gasteiger partial charge is 0.389 e. The molecule has 0 saturated heterocycles. The first-order chi connectivity index (χ1) is 7.58. The lowest BCUT2D eigenvalue weighted by molar-refractivity contribution is 0.198. The number of aliphatic hydroxyl groups is 1. The highest BCUT2D eigenvalue weighted by Gasteiger charge is 2.07. The second-order valence-electron chi connectivity index (χ2n) is 3.48. The third-order valence-electron chi connectivity index (χ3n) is 2.25. The summed E-state index contributed by atoms with van der Waals surface area (Å²) in [6.45, 7) is 1.75. The van der Waals surface area contributed by atoms with Crippen LogP contribution in [0, 0.1) is 3.57 Å². The molecule has 1 N–H and O–H groups in total. The van der Waals surface area contributed by atoms with Crippen molar-refractivity contribution in [3.63, 3.8) is 0 Å². The fourth-order valence-electron chi connectivity index (χ4n) is 1.44. The molecule has 84 valence electrons. The third-order valence-corrected chi connectivity index (χ3v) is 3.49. The summed E-state index contributed by atoms with van der Waals surface area (Å²) in [5, 5.41) is 13.7. The van der Waals surface area contributed by atoms with Crippen LogP contribution in [0.4, 0.5) is 0 Å². The summed E-state index contributed by atoms with van der Waals surface area (Å²) >= 11 is 5.67. The molecule has 1 aromatic carbocycles. The second-order valence-corrected chi connectivity index (χ2v) is 5.58. The van der Waals surface area contributed by atoms with Gasteiger partial charge in [-0.15, -0.1) is 0 Å². The zero-order chi connectivity index (χ0) is 11.7. The van der Waals surface area contributed by atoms with Crippen molar-refractivity contribution in [3.8, 4) is 5.69 Å². The molecule has 1 aromatic heterocycles. The Morgan fingerprint density at radius 3 is 2.75 bits per heavy atom. The molecule has 0 bridgehead atoms. The maximum atomic E-state index is 9.52. The molecular weight excluding hydrogens is 383 g/mol. The average molecular weight is 393 g/mol. The summed E-state index contributed by atoms with van der Waals surface area (Å²) in [6.07, 6.45) is 3.28. The quantitative estimate of drug-likeness (QED) is 0.796. The van der Waals surface area contributed by atoms with Crippen LogP contribution >= 0.6 is 38.5 Å². The summed E-state index contributed by atoms with van der Waals surface area (Å²) < 4.78 is 3.79. The molecular formula is C11H10BrIN2O. The number of hydrogen-bond acceptors (Lipinski definition) is 2. The van der Waals surface area contributed by atoms with Gasteiger partial charge in [0.2, 0.25) is 0 Å². The predicted octanol–water partition coefficient (Wildman–Crippen LogP) is 3.29. The van der Waals surface area contributed by atoms with Gasteiger partial charge in [0.05, 0.1) is 21.6 Å². The number of nitrogens with zero attached hydrogens (tertiary/aromatic N) is 2. The number of hydrogen-bond donors (Lipinski definition) is 1. The van der Waals surface area contributed by atoms with Gasteiger partial charge < -0.3 is 5.11 Å². The van der Waals surface area contributed by atoms with Crippen LogP contribution < -0.4 is 0 Å². The maximum absolute atomic E-state index is 9.52. The van der Waals surface area contributed by atoms with Crippen LogP contribution in [-0.4, -0.2) is 14.9 Å². The van der Waals surface area contributed by atoms with E-state index in [-0.39, 0.29) is 0 Å². The van der Waals surface area contributed by atoms with Gasteiger partial charge in [-0.1, -0.05) is 22.0 Å². The van der Waals surface area contributed by atoms with E-state index in [9.17, 15) is 5.11 Å². The lowest BCUT2D eigenvalue weighted by atomic mass is 10.1. The smallest absolute Gasteiger partial charge is 0.0772 e. The molecule has 5 heteroatoms. The Bertz CT molecular complexity index is 510. The summed E-state index contributed by atoms with van der Waals surface area (Å²) in [5.41, 5.74) is 1.85. The van der Waals surface area contributed by atoms with E-state index in [1.807, 2.05) is 24.4 Å². The van der Waals surface area contributed by atoms with Crippen molar-refractivity contribution in [1.82, 2.24) is 9.78 Å². The van der Waals surface area contributed by atoms with Crippen molar-refractivity contribution in [3.05, 3.63) is 44.2 Å². The highest BCUT2D eigenvalue weighted by Crippen LogP contribution is 2.25. The van der Waals surface area contributed by atoms with E-state index in [1.54, 1.807) is 17.8 Å². The minimum absolute atomic E-state index is 0.471. The summed E-state index contributed by atoms with van der Waals surface area (Å²) in [6, 6.07) is 5.79. The minimum atomic E-state index is -0.471. The van der Waals surface area contributed by atoms with E-state index >= 15 is 0 Å². The monoisotopic (exact) mass is 392 g/mol. The van der Waals surface area contributed by atoms with Crippen LogP contribution in [0.25, 0.3) is 5.69 Å². The molecule has 16 heavy (non-hydrogen) atoms. The van der Waals surface area contributed by atoms with Crippen molar-refractivity contribution in [2.75, 3.05) is 0 Å². The zero-order valence-electron chi connectivity index (χ0n) is 8.56. The van der Waals surface area contributed by atoms with E-state index in [0.717, 1.165) is 19.3 Å². The van der Waals surface area contributed by atoms with Gasteiger partial charge in [-0.05, 0) is 47.2 Å². The van der Waals surface area contributed by atoms with Crippen LogP contribution in [0.5, 0.6) is 0 Å². The number of benzene rings is 1. The van der Waals surface area contributed by atoms with E-state index in [1.165, 1.54) is 0 Å². The van der Waals surface area contributed by atoms with Gasteiger partial charge in [0, 0.05) is 10.7 Å². The van der Waals surface area contributed by atoms with Crippen LogP contribution in [0.3, 0.4) is 0 Å². The summed E-state index contributed by atoms with van der Waals surface area (Å²) in [7, 11) is 0. The number of halogens is 2. The first-order valence-corrected chi connectivity index (χ1v) is 6.63. The maximum Gasteiger partial charge on any atom is 0.0772 e. The molecule has 1 heterocycles. The Labute approximate surface area is 116 Å². The molecule has 0 unspecified atom stereocenters. The Kier molecular flexibility index (Phi) is 3.66. The van der Waals surface area contributed by atoms with Gasteiger partial charge in [0.1, 0.15) is 0 Å². The van der Waals surface area contributed by atoms with Gasteiger partial charge in [0.25, 0.3) is 0 Å². The normalized spacial score (nSPS) is 12.8. The van der Waals surface area contributed by atoms with Crippen LogP contribution in [-0.2, 0) is 0 Å². The SMILES string of the molecule is C[C@H](O)c1ccc(-n2cc(I)cn2)cc1Br. The third kappa shape index (κ3) is 2.46. The van der Waals surface area contributed by atoms with Crippen LogP contribution in [0.2, 0.25) is 0 Å². The molecule has 1 atom stereocenters. The topological polar surface area (TPSA) is 38.0 Å². The van der Waals surface area contributed by atoms with Gasteiger partial charge in [-0.3, -0.25) is 0 Å². The average Bonchev–Trinajstić information content (AvgIpc) is 2.64. The van der Waals surface area contributed by atoms with Gasteiger partial charge in [-0.2, -0.15) is 5.10 Å². The molecule has 0 aliphatic rings. The molecule has 2 rings (SSSR count). The van der Waals surface area contributed by atoms with E-state index in [4.69, 9.17) is 0 Å². The standard InChI is InChI=1S/C11H10BrIN2O/c1-7(16)10-3-2-9(4-11(10)12)15-6-8(13)5-14-15/h2-7,16H,1H3/t7-/m0/s1. The molecule has 3 nitrogen and oxygen atoms in total. The predicted molar refractivity (Wildman–Crippen MR) is 74.6 cm³/mol. The summed E-state index contributed by atoms with van der Waals surface area (Å²) in [4.78, 5) is 0. The summed E-state index contributed by atoms with van der Waals surface area (Å²) in [5.74, 6) is 0. The fraction of sp³-hybridized carbons (Fsp3) is 0.182. The lowest BCUT2D eigenvalue weighted by Gasteiger charge is -2.09. The van der Waals surface area contributed by atoms with Gasteiger partial charge in [0.15, 0.2) is 0 Å². The first-order valence-electron chi connectivity index (χ1n) is 4.76. The molecule has 0 aliphatic carbocycles. The molecule has 0 radical (unpaired) electrons. The molecule has 0 amide bonds. The van der Waals surface area contributed by atoms with Crippen LogP contribution in [0.15, 0.2) is 35.1 Å². The number of aromatic nitrogens is 2. The minimum Gasteiger partial charge on any atom is -0.389 e. The Morgan fingerprint density at radius 2 is 2.25 bits per heavy atom. The Morgan fingerprint density at radius 1 is 1.50 bits per heavy atom. The molecule has 0 saturated carbocycles. The van der Waals surface area contributed by atoms with Gasteiger partial charge >= 0.3 is 0 Å². The number of rotatable bonds is 2. The van der Waals surface area contributed by atoms with E-state index in [0.29, 0.717) is 0 Å².